The summed E-state index contributed by atoms with van der Waals surface area (Å²) in [6.45, 7) is 0. The predicted molar refractivity (Wildman–Crippen MR) is 32.3 cm³/mol. The first-order valence-electron chi connectivity index (χ1n) is 2.51. The van der Waals surface area contributed by atoms with Gasteiger partial charge in [-0.2, -0.15) is 0 Å². The van der Waals surface area contributed by atoms with E-state index in [0.29, 0.717) is 0 Å². The predicted octanol–water partition coefficient (Wildman–Crippen LogP) is 0.276. The molecule has 0 spiro atoms. The molecule has 0 bridgehead atoms. The topological polar surface area (TPSA) is 49.3 Å². The summed E-state index contributed by atoms with van der Waals surface area (Å²) in [6.07, 6.45) is 6.47. The van der Waals surface area contributed by atoms with Crippen molar-refractivity contribution < 1.29 is 9.90 Å². The molecule has 1 heterocycles. The lowest BCUT2D eigenvalue weighted by atomic mass is 10.2. The van der Waals surface area contributed by atoms with Crippen LogP contribution in [0.25, 0.3) is 0 Å². The van der Waals surface area contributed by atoms with Gasteiger partial charge in [-0.25, -0.2) is 4.79 Å². The molecule has 3 nitrogen and oxygen atoms in total. The Hall–Kier alpha value is -1.25. The molecule has 0 fully saturated rings. The highest BCUT2D eigenvalue weighted by atomic mass is 16.4. The second-order valence-corrected chi connectivity index (χ2v) is 1.58. The quantitative estimate of drug-likeness (QED) is 0.527. The molecule has 9 heavy (non-hydrogen) atoms. The molecule has 0 amide bonds. The fourth-order valence-corrected chi connectivity index (χ4v) is 0.526. The van der Waals surface area contributed by atoms with Gasteiger partial charge in [0.1, 0.15) is 0 Å². The summed E-state index contributed by atoms with van der Waals surface area (Å²) in [6, 6.07) is 0.206. The molecule has 0 aromatic carbocycles. The average molecular weight is 124 g/mol. The average Bonchev–Trinajstić information content (AvgIpc) is 1.90. The number of dihydropyridines is 1. The maximum atomic E-state index is 10.2. The van der Waals surface area contributed by atoms with Crippen LogP contribution in [0.4, 0.5) is 0 Å². The van der Waals surface area contributed by atoms with Gasteiger partial charge in [0.25, 0.3) is 0 Å². The van der Waals surface area contributed by atoms with E-state index in [1.54, 1.807) is 18.4 Å². The maximum Gasteiger partial charge on any atom is 0.336 e. The molecule has 1 rings (SSSR count). The van der Waals surface area contributed by atoms with Crippen LogP contribution in [0.1, 0.15) is 0 Å². The van der Waals surface area contributed by atoms with Gasteiger partial charge in [0, 0.05) is 0 Å². The van der Waals surface area contributed by atoms with Crippen LogP contribution in [0.5, 0.6) is 0 Å². The number of hydrogen-bond acceptors (Lipinski definition) is 2. The highest BCUT2D eigenvalue weighted by Gasteiger charge is 2.13. The van der Waals surface area contributed by atoms with Crippen molar-refractivity contribution in [3.8, 4) is 0 Å². The molecule has 0 atom stereocenters. The molecular weight excluding hydrogens is 118 g/mol. The van der Waals surface area contributed by atoms with E-state index >= 15 is 0 Å². The van der Waals surface area contributed by atoms with Gasteiger partial charge in [-0.15, -0.1) is 0 Å². The van der Waals surface area contributed by atoms with Crippen LogP contribution in [0.3, 0.4) is 0 Å². The number of carboxylic acid groups (broad SMARTS) is 1. The molecule has 1 aliphatic heterocycles. The van der Waals surface area contributed by atoms with Gasteiger partial charge in [0.15, 0.2) is 6.04 Å². The van der Waals surface area contributed by atoms with E-state index in [1.807, 2.05) is 0 Å². The smallest absolute Gasteiger partial charge is 0.336 e. The van der Waals surface area contributed by atoms with Gasteiger partial charge in [-0.3, -0.25) is 0 Å². The lowest BCUT2D eigenvalue weighted by Crippen LogP contribution is -2.23. The number of rotatable bonds is 1. The van der Waals surface area contributed by atoms with Gasteiger partial charge in [0.05, 0.1) is 0 Å². The Morgan fingerprint density at radius 3 is 2.67 bits per heavy atom. The lowest BCUT2D eigenvalue weighted by Gasteiger charge is -2.07. The largest absolute Gasteiger partial charge is 0.479 e. The monoisotopic (exact) mass is 124 g/mol. The zero-order valence-corrected chi connectivity index (χ0v) is 4.66. The van der Waals surface area contributed by atoms with E-state index < -0.39 is 5.97 Å². The maximum absolute atomic E-state index is 10.2. The standard InChI is InChI=1S/C6H6NO2/c8-6(9)5-3-1-2-4-7-5/h1-4,7H,(H,8,9). The van der Waals surface area contributed by atoms with Gasteiger partial charge >= 0.3 is 5.97 Å². The van der Waals surface area contributed by atoms with Crippen LogP contribution in [-0.4, -0.2) is 11.1 Å². The lowest BCUT2D eigenvalue weighted by molar-refractivity contribution is -0.134. The SMILES string of the molecule is O=C(O)[C]1C=CC=CN1. The first-order valence-corrected chi connectivity index (χ1v) is 2.51. The Morgan fingerprint density at radius 1 is 1.56 bits per heavy atom. The highest BCUT2D eigenvalue weighted by molar-refractivity contribution is 5.85. The fourth-order valence-electron chi connectivity index (χ4n) is 0.526. The number of allylic oxidation sites excluding steroid dienone is 2. The van der Waals surface area contributed by atoms with Crippen molar-refractivity contribution in [2.45, 2.75) is 0 Å². The van der Waals surface area contributed by atoms with Gasteiger partial charge in [0.2, 0.25) is 0 Å². The van der Waals surface area contributed by atoms with Crippen LogP contribution < -0.4 is 5.32 Å². The first kappa shape index (κ1) is 5.88. The van der Waals surface area contributed by atoms with Gasteiger partial charge in [-0.1, -0.05) is 6.08 Å². The van der Waals surface area contributed by atoms with Crippen LogP contribution in [0.2, 0.25) is 0 Å². The summed E-state index contributed by atoms with van der Waals surface area (Å²) in [5.41, 5.74) is 0. The zero-order valence-electron chi connectivity index (χ0n) is 4.66. The molecule has 0 saturated heterocycles. The van der Waals surface area contributed by atoms with Crippen molar-refractivity contribution in [1.29, 1.82) is 0 Å². The summed E-state index contributed by atoms with van der Waals surface area (Å²) in [4.78, 5) is 10.2. The Morgan fingerprint density at radius 2 is 2.33 bits per heavy atom. The third-order valence-corrected chi connectivity index (χ3v) is 0.939. The number of aliphatic carboxylic acids is 1. The van der Waals surface area contributed by atoms with E-state index in [4.69, 9.17) is 5.11 Å². The number of hydrogen-bond donors (Lipinski definition) is 2. The molecule has 0 saturated carbocycles. The van der Waals surface area contributed by atoms with Crippen LogP contribution in [0, 0.1) is 6.04 Å². The highest BCUT2D eigenvalue weighted by Crippen LogP contribution is 2.01. The van der Waals surface area contributed by atoms with Crippen molar-refractivity contribution in [1.82, 2.24) is 5.32 Å². The molecule has 0 aliphatic carbocycles. The second-order valence-electron chi connectivity index (χ2n) is 1.58. The molecular formula is C6H6NO2. The number of carboxylic acids is 1. The zero-order chi connectivity index (χ0) is 6.69. The third-order valence-electron chi connectivity index (χ3n) is 0.939. The van der Waals surface area contributed by atoms with Crippen LogP contribution in [-0.2, 0) is 4.79 Å². The Kier molecular flexibility index (Phi) is 1.53. The number of carbonyl (C=O) groups is 1. The van der Waals surface area contributed by atoms with Crippen LogP contribution in [0.15, 0.2) is 24.4 Å². The fraction of sp³-hybridized carbons (Fsp3) is 0. The van der Waals surface area contributed by atoms with E-state index in [2.05, 4.69) is 5.32 Å². The third kappa shape index (κ3) is 1.32. The normalized spacial score (nSPS) is 17.3. The number of nitrogens with one attached hydrogen (secondary N) is 1. The molecule has 0 aromatic rings. The molecule has 47 valence electrons. The van der Waals surface area contributed by atoms with Crippen molar-refractivity contribution in [3.05, 3.63) is 30.5 Å². The van der Waals surface area contributed by atoms with E-state index in [9.17, 15) is 4.79 Å². The Balaban J connectivity index is 2.56. The molecule has 1 aliphatic rings. The van der Waals surface area contributed by atoms with E-state index in [1.165, 1.54) is 6.08 Å². The summed E-state index contributed by atoms with van der Waals surface area (Å²) in [5, 5.41) is 10.9. The van der Waals surface area contributed by atoms with Crippen LogP contribution >= 0.6 is 0 Å². The Labute approximate surface area is 52.7 Å². The first-order chi connectivity index (χ1) is 4.30. The molecule has 3 heteroatoms. The molecule has 2 N–H and O–H groups in total. The molecule has 0 unspecified atom stereocenters. The van der Waals surface area contributed by atoms with Crippen molar-refractivity contribution in [2.24, 2.45) is 0 Å². The minimum absolute atomic E-state index is 0.206. The summed E-state index contributed by atoms with van der Waals surface area (Å²) < 4.78 is 0. The van der Waals surface area contributed by atoms with E-state index in [-0.39, 0.29) is 6.04 Å². The van der Waals surface area contributed by atoms with Crippen molar-refractivity contribution in [2.75, 3.05) is 0 Å². The Bertz CT molecular complexity index is 172. The molecule has 1 radical (unpaired) electrons. The second kappa shape index (κ2) is 2.35. The van der Waals surface area contributed by atoms with Gasteiger partial charge in [-0.05, 0) is 18.4 Å². The van der Waals surface area contributed by atoms with Gasteiger partial charge < -0.3 is 10.4 Å². The van der Waals surface area contributed by atoms with E-state index in [0.717, 1.165) is 0 Å². The van der Waals surface area contributed by atoms with Crippen molar-refractivity contribution in [3.63, 3.8) is 0 Å². The molecule has 0 aromatic heterocycles. The minimum Gasteiger partial charge on any atom is -0.479 e. The summed E-state index contributed by atoms with van der Waals surface area (Å²) in [7, 11) is 0. The minimum atomic E-state index is -0.935. The van der Waals surface area contributed by atoms with Crippen molar-refractivity contribution >= 4 is 5.97 Å². The summed E-state index contributed by atoms with van der Waals surface area (Å²) >= 11 is 0. The summed E-state index contributed by atoms with van der Waals surface area (Å²) in [5.74, 6) is -0.935.